The minimum Gasteiger partial charge on any atom is -0.481 e. The molecule has 0 bridgehead atoms. The van der Waals surface area contributed by atoms with E-state index in [1.165, 1.54) is 32.1 Å². The zero-order valence-corrected chi connectivity index (χ0v) is 13.3. The zero-order chi connectivity index (χ0) is 15.6. The van der Waals surface area contributed by atoms with Crippen LogP contribution in [0.25, 0.3) is 0 Å². The molecule has 2 N–H and O–H groups in total. The lowest BCUT2D eigenvalue weighted by atomic mass is 10.1. The van der Waals surface area contributed by atoms with Crippen molar-refractivity contribution >= 4 is 5.97 Å². The summed E-state index contributed by atoms with van der Waals surface area (Å²) in [6.07, 6.45) is 18.4. The van der Waals surface area contributed by atoms with E-state index in [2.05, 4.69) is 17.0 Å². The minimum atomic E-state index is -0.681. The predicted octanol–water partition coefficient (Wildman–Crippen LogP) is 5.19. The Morgan fingerprint density at radius 2 is 1.24 bits per heavy atom. The second-order valence-electron chi connectivity index (χ2n) is 5.56. The molecule has 0 aromatic rings. The van der Waals surface area contributed by atoms with Crippen LogP contribution < -0.4 is 0 Å². The van der Waals surface area contributed by atoms with E-state index in [0.717, 1.165) is 44.9 Å². The first-order valence-electron chi connectivity index (χ1n) is 8.40. The molecule has 4 nitrogen and oxygen atoms in total. The summed E-state index contributed by atoms with van der Waals surface area (Å²) in [7, 11) is 0. The topological polar surface area (TPSA) is 66.8 Å². The molecule has 0 aliphatic rings. The van der Waals surface area contributed by atoms with Crippen LogP contribution in [0.4, 0.5) is 0 Å². The van der Waals surface area contributed by atoms with Crippen LogP contribution in [0.3, 0.4) is 0 Å². The van der Waals surface area contributed by atoms with Crippen LogP contribution in [0.5, 0.6) is 0 Å². The van der Waals surface area contributed by atoms with Gasteiger partial charge in [0.1, 0.15) is 0 Å². The molecule has 0 saturated carbocycles. The van der Waals surface area contributed by atoms with Gasteiger partial charge in [-0.3, -0.25) is 10.1 Å². The lowest BCUT2D eigenvalue weighted by molar-refractivity contribution is -0.242. The van der Waals surface area contributed by atoms with E-state index in [1.54, 1.807) is 0 Å². The maximum atomic E-state index is 10.3. The first-order chi connectivity index (χ1) is 10.3. The molecule has 0 atom stereocenters. The quantitative estimate of drug-likeness (QED) is 0.178. The van der Waals surface area contributed by atoms with Crippen molar-refractivity contribution < 1.29 is 20.0 Å². The summed E-state index contributed by atoms with van der Waals surface area (Å²) in [5.41, 5.74) is 0. The van der Waals surface area contributed by atoms with Gasteiger partial charge in [0.2, 0.25) is 0 Å². The Morgan fingerprint density at radius 3 is 1.76 bits per heavy atom. The van der Waals surface area contributed by atoms with Crippen LogP contribution >= 0.6 is 0 Å². The van der Waals surface area contributed by atoms with Gasteiger partial charge in [-0.15, -0.1) is 0 Å². The maximum Gasteiger partial charge on any atom is 0.303 e. The SMILES string of the molecule is O=C(O)CCCCCCC/C=C\CCCCCCCOO. The number of hydrogen-bond donors (Lipinski definition) is 2. The normalized spacial score (nSPS) is 11.3. The summed E-state index contributed by atoms with van der Waals surface area (Å²) in [6.45, 7) is 0.455. The molecule has 0 heterocycles. The van der Waals surface area contributed by atoms with Crippen molar-refractivity contribution in [2.75, 3.05) is 6.61 Å². The van der Waals surface area contributed by atoms with Crippen molar-refractivity contribution in [2.24, 2.45) is 0 Å². The monoisotopic (exact) mass is 300 g/mol. The van der Waals surface area contributed by atoms with Crippen molar-refractivity contribution in [1.82, 2.24) is 0 Å². The van der Waals surface area contributed by atoms with Gasteiger partial charge in [0, 0.05) is 6.42 Å². The third-order valence-corrected chi connectivity index (χ3v) is 3.53. The Bertz CT molecular complexity index is 251. The fraction of sp³-hybridized carbons (Fsp3) is 0.824. The number of carbonyl (C=O) groups is 1. The van der Waals surface area contributed by atoms with Gasteiger partial charge in [0.05, 0.1) is 6.61 Å². The second kappa shape index (κ2) is 17.2. The number of unbranched alkanes of at least 4 members (excludes halogenated alkanes) is 10. The fourth-order valence-corrected chi connectivity index (χ4v) is 2.26. The number of aliphatic carboxylic acids is 1. The number of rotatable bonds is 16. The second-order valence-corrected chi connectivity index (χ2v) is 5.56. The number of carboxylic acid groups (broad SMARTS) is 1. The van der Waals surface area contributed by atoms with Gasteiger partial charge in [0.15, 0.2) is 0 Å². The molecular weight excluding hydrogens is 268 g/mol. The van der Waals surface area contributed by atoms with Crippen molar-refractivity contribution in [3.8, 4) is 0 Å². The maximum absolute atomic E-state index is 10.3. The molecule has 0 aromatic heterocycles. The number of allylic oxidation sites excluding steroid dienone is 2. The van der Waals surface area contributed by atoms with Gasteiger partial charge in [-0.2, -0.15) is 0 Å². The summed E-state index contributed by atoms with van der Waals surface area (Å²) in [5.74, 6) is -0.681. The number of hydrogen-bond acceptors (Lipinski definition) is 3. The Labute approximate surface area is 129 Å². The molecule has 0 fully saturated rings. The van der Waals surface area contributed by atoms with Crippen molar-refractivity contribution in [3.63, 3.8) is 0 Å². The van der Waals surface area contributed by atoms with Crippen molar-refractivity contribution in [1.29, 1.82) is 0 Å². The van der Waals surface area contributed by atoms with Crippen molar-refractivity contribution in [2.45, 2.75) is 83.5 Å². The summed E-state index contributed by atoms with van der Waals surface area (Å²) in [4.78, 5) is 14.4. The lowest BCUT2D eigenvalue weighted by Crippen LogP contribution is -1.93. The molecule has 0 amide bonds. The van der Waals surface area contributed by atoms with E-state index < -0.39 is 5.97 Å². The van der Waals surface area contributed by atoms with E-state index in [-0.39, 0.29) is 0 Å². The molecule has 0 unspecified atom stereocenters. The summed E-state index contributed by atoms with van der Waals surface area (Å²) in [5, 5.41) is 16.7. The third-order valence-electron chi connectivity index (χ3n) is 3.53. The molecule has 0 aromatic carbocycles. The highest BCUT2D eigenvalue weighted by atomic mass is 17.1. The van der Waals surface area contributed by atoms with Crippen LogP contribution in [-0.2, 0) is 9.68 Å². The van der Waals surface area contributed by atoms with E-state index in [4.69, 9.17) is 10.4 Å². The highest BCUT2D eigenvalue weighted by molar-refractivity contribution is 5.66. The molecule has 0 spiro atoms. The lowest BCUT2D eigenvalue weighted by Gasteiger charge is -1.99. The molecule has 0 saturated heterocycles. The van der Waals surface area contributed by atoms with E-state index in [9.17, 15) is 4.79 Å². The van der Waals surface area contributed by atoms with E-state index >= 15 is 0 Å². The van der Waals surface area contributed by atoms with Crippen LogP contribution in [0.1, 0.15) is 83.5 Å². The van der Waals surface area contributed by atoms with Crippen LogP contribution in [-0.4, -0.2) is 22.9 Å². The van der Waals surface area contributed by atoms with Crippen LogP contribution in [0, 0.1) is 0 Å². The first-order valence-corrected chi connectivity index (χ1v) is 8.40. The Morgan fingerprint density at radius 1 is 0.762 bits per heavy atom. The Balaban J connectivity index is 3.07. The van der Waals surface area contributed by atoms with Gasteiger partial charge in [-0.25, -0.2) is 4.89 Å². The molecule has 0 rings (SSSR count). The third kappa shape index (κ3) is 19.1. The largest absolute Gasteiger partial charge is 0.481 e. The highest BCUT2D eigenvalue weighted by Gasteiger charge is 1.95. The Kier molecular flexibility index (Phi) is 16.5. The van der Waals surface area contributed by atoms with Crippen molar-refractivity contribution in [3.05, 3.63) is 12.2 Å². The number of carboxylic acids is 1. The van der Waals surface area contributed by atoms with Gasteiger partial charge in [-0.1, -0.05) is 50.7 Å². The summed E-state index contributed by atoms with van der Waals surface area (Å²) < 4.78 is 0. The van der Waals surface area contributed by atoms with Crippen LogP contribution in [0.15, 0.2) is 12.2 Å². The van der Waals surface area contributed by atoms with Gasteiger partial charge in [0.25, 0.3) is 0 Å². The van der Waals surface area contributed by atoms with Gasteiger partial charge in [-0.05, 0) is 38.5 Å². The average molecular weight is 300 g/mol. The van der Waals surface area contributed by atoms with Gasteiger partial charge >= 0.3 is 5.97 Å². The molecule has 0 aliphatic carbocycles. The summed E-state index contributed by atoms with van der Waals surface area (Å²) in [6, 6.07) is 0. The minimum absolute atomic E-state index is 0.312. The fourth-order valence-electron chi connectivity index (χ4n) is 2.26. The van der Waals surface area contributed by atoms with Crippen LogP contribution in [0.2, 0.25) is 0 Å². The Hall–Kier alpha value is -0.870. The average Bonchev–Trinajstić information content (AvgIpc) is 2.46. The standard InChI is InChI=1S/C17H32O4/c18-17(19)15-13-11-9-7-5-3-1-2-4-6-8-10-12-14-16-21-20/h1-2,20H,3-16H2,(H,18,19)/b2-1-. The highest BCUT2D eigenvalue weighted by Crippen LogP contribution is 2.09. The smallest absolute Gasteiger partial charge is 0.303 e. The van der Waals surface area contributed by atoms with Gasteiger partial charge < -0.3 is 5.11 Å². The zero-order valence-electron chi connectivity index (χ0n) is 13.3. The van der Waals surface area contributed by atoms with E-state index in [1.807, 2.05) is 0 Å². The predicted molar refractivity (Wildman–Crippen MR) is 85.4 cm³/mol. The molecule has 0 aliphatic heterocycles. The van der Waals surface area contributed by atoms with E-state index in [0.29, 0.717) is 13.0 Å². The summed E-state index contributed by atoms with van der Waals surface area (Å²) >= 11 is 0. The molecule has 4 heteroatoms. The molecular formula is C17H32O4. The molecule has 124 valence electrons. The first kappa shape index (κ1) is 20.1. The molecule has 21 heavy (non-hydrogen) atoms. The molecule has 0 radical (unpaired) electrons.